The SMILES string of the molecule is C/C=C/[C@@H](C)[C@@H](O)[C@H]1C(=O)N[C@@H](CC)C(=O)N(CCC)CC(=O)N(C)C([C@@H](C)OCCCCOC(C)=O)C(=O)N[C@@H](C(C)C)C(=O)N(C)[C@@H](CC(C)C)C(=O)N[C@@H](C)C(=O)N[C@H](C)C(=O)N(C)[C@@H](CC(C)C)C(=O)N(C)[C@@H](CC(C)C)C(=O)N(C)[C@@H](C(C)C)C(=O)N1C. The van der Waals surface area contributed by atoms with Gasteiger partial charge < -0.3 is 70.1 Å². The number of esters is 1. The lowest BCUT2D eigenvalue weighted by Gasteiger charge is -2.41. The van der Waals surface area contributed by atoms with Gasteiger partial charge in [-0.3, -0.25) is 57.5 Å². The first-order chi connectivity index (χ1) is 43.2. The second-order valence-electron chi connectivity index (χ2n) is 27.2. The third-order valence-corrected chi connectivity index (χ3v) is 17.1. The molecule has 0 aromatic rings. The number of carbonyl (C=O) groups is 12. The van der Waals surface area contributed by atoms with Gasteiger partial charge in [-0.1, -0.05) is 102 Å². The lowest BCUT2D eigenvalue weighted by Crippen LogP contribution is -2.63. The number of nitrogens with zero attached hydrogens (tertiary/aromatic N) is 7. The second kappa shape index (κ2) is 39.9. The number of hydrogen-bond acceptors (Lipinski definition) is 15. The summed E-state index contributed by atoms with van der Waals surface area (Å²) in [5.74, 6) is -10.9. The molecule has 1 unspecified atom stereocenters. The zero-order valence-electron chi connectivity index (χ0n) is 60.6. The number of allylic oxidation sites excluding steroid dienone is 1. The molecule has 5 N–H and O–H groups in total. The molecule has 0 aromatic heterocycles. The van der Waals surface area contributed by atoms with E-state index in [1.54, 1.807) is 74.5 Å². The molecule has 0 radical (unpaired) electrons. The van der Waals surface area contributed by atoms with E-state index >= 15 is 14.4 Å². The monoisotopic (exact) mass is 1320 g/mol. The highest BCUT2D eigenvalue weighted by Crippen LogP contribution is 2.25. The smallest absolute Gasteiger partial charge is 0.302 e. The van der Waals surface area contributed by atoms with E-state index in [2.05, 4.69) is 21.3 Å². The predicted octanol–water partition coefficient (Wildman–Crippen LogP) is 3.36. The summed E-state index contributed by atoms with van der Waals surface area (Å²) in [6.45, 7) is 30.0. The number of amides is 11. The Balaban J connectivity index is 4.45. The fourth-order valence-corrected chi connectivity index (χ4v) is 11.5. The topological polar surface area (TPSA) is 314 Å². The van der Waals surface area contributed by atoms with Crippen LogP contribution < -0.4 is 21.3 Å². The van der Waals surface area contributed by atoms with Crippen LogP contribution in [0, 0.1) is 35.5 Å². The molecule has 13 atom stereocenters. The van der Waals surface area contributed by atoms with Crippen LogP contribution in [0.4, 0.5) is 0 Å². The standard InChI is InChI=1S/C67H119N11O15/c1-25-30-43(14)57(81)56-61(85)70-48(27-3)63(87)78(31-26-2)37-52(80)75(22)55(46(17)92-32-28-29-33-93-47(18)79)60(84)71-53(41(10)11)66(90)72(19)49(34-38(4)5)59(83)68-44(15)58(82)69-45(16)62(86)73(20)50(35-39(6)7)64(88)74(21)51(36-40(8)9)65(89)76(23)54(42(12)13)67(91)77(56)24/h25,30,38-46,48-51,53-57,81H,26-29,31-37H2,1-24H3,(H,68,83)(H,69,82)(H,70,85)(H,71,84)/b30-25+/t43-,44+,45-,46-,48+,49+,50+,51+,53+,54+,55?,56+,57-/m1/s1. The number of aliphatic hydroxyl groups excluding tert-OH is 1. The quantitative estimate of drug-likeness (QED) is 0.0625. The molecule has 0 aliphatic carbocycles. The summed E-state index contributed by atoms with van der Waals surface area (Å²) < 4.78 is 11.2. The lowest BCUT2D eigenvalue weighted by atomic mass is 9.93. The number of nitrogens with one attached hydrogen (secondary N) is 4. The molecule has 1 aliphatic rings. The van der Waals surface area contributed by atoms with Crippen molar-refractivity contribution >= 4 is 70.9 Å². The Kier molecular flexibility index (Phi) is 36.1. The van der Waals surface area contributed by atoms with Crippen LogP contribution in [0.2, 0.25) is 0 Å². The van der Waals surface area contributed by atoms with Crippen LogP contribution in [0.1, 0.15) is 170 Å². The van der Waals surface area contributed by atoms with E-state index in [-0.39, 0.29) is 63.2 Å². The minimum Gasteiger partial charge on any atom is -0.466 e. The van der Waals surface area contributed by atoms with Crippen molar-refractivity contribution in [1.82, 2.24) is 55.6 Å². The molecular formula is C67H119N11O15. The number of ether oxygens (including phenoxy) is 2. The average molecular weight is 1320 g/mol. The van der Waals surface area contributed by atoms with Crippen LogP contribution in [0.25, 0.3) is 0 Å². The van der Waals surface area contributed by atoms with Gasteiger partial charge >= 0.3 is 5.97 Å². The number of aliphatic hydroxyl groups is 1. The maximum absolute atomic E-state index is 15.2. The minimum absolute atomic E-state index is 0.00495. The van der Waals surface area contributed by atoms with Crippen LogP contribution in [0.5, 0.6) is 0 Å². The van der Waals surface area contributed by atoms with Crippen molar-refractivity contribution < 1.29 is 72.1 Å². The summed E-state index contributed by atoms with van der Waals surface area (Å²) in [6, 6.07) is -13.1. The Hall–Kier alpha value is -6.70. The third kappa shape index (κ3) is 24.9. The van der Waals surface area contributed by atoms with Crippen molar-refractivity contribution in [3.05, 3.63) is 12.2 Å². The predicted molar refractivity (Wildman–Crippen MR) is 355 cm³/mol. The van der Waals surface area contributed by atoms with Gasteiger partial charge in [0.15, 0.2) is 0 Å². The van der Waals surface area contributed by atoms with Gasteiger partial charge in [-0.15, -0.1) is 0 Å². The van der Waals surface area contributed by atoms with Crippen LogP contribution in [-0.4, -0.2) is 252 Å². The maximum atomic E-state index is 15.2. The first kappa shape index (κ1) is 84.3. The molecule has 26 nitrogen and oxygen atoms in total. The van der Waals surface area contributed by atoms with Gasteiger partial charge in [0.1, 0.15) is 60.4 Å². The van der Waals surface area contributed by atoms with Crippen LogP contribution >= 0.6 is 0 Å². The number of unbranched alkanes of at least 4 members (excludes halogenated alkanes) is 1. The summed E-state index contributed by atoms with van der Waals surface area (Å²) in [7, 11) is 8.40. The van der Waals surface area contributed by atoms with E-state index in [9.17, 15) is 48.3 Å². The van der Waals surface area contributed by atoms with Gasteiger partial charge in [0.05, 0.1) is 25.4 Å². The molecule has 0 bridgehead atoms. The molecule has 532 valence electrons. The molecule has 11 amide bonds. The Morgan fingerprint density at radius 1 is 0.538 bits per heavy atom. The molecular weight excluding hydrogens is 1200 g/mol. The highest BCUT2D eigenvalue weighted by atomic mass is 16.5. The van der Waals surface area contributed by atoms with Crippen molar-refractivity contribution in [2.24, 2.45) is 35.5 Å². The van der Waals surface area contributed by atoms with E-state index in [1.807, 2.05) is 41.5 Å². The van der Waals surface area contributed by atoms with Crippen molar-refractivity contribution in [3.8, 4) is 0 Å². The molecule has 1 aliphatic heterocycles. The van der Waals surface area contributed by atoms with Crippen molar-refractivity contribution in [2.45, 2.75) is 242 Å². The highest BCUT2D eigenvalue weighted by molar-refractivity contribution is 5.99. The maximum Gasteiger partial charge on any atom is 0.302 e. The van der Waals surface area contributed by atoms with Gasteiger partial charge in [0.25, 0.3) is 0 Å². The first-order valence-corrected chi connectivity index (χ1v) is 33.3. The van der Waals surface area contributed by atoms with E-state index < -0.39 is 168 Å². The van der Waals surface area contributed by atoms with Gasteiger partial charge in [-0.25, -0.2) is 0 Å². The molecule has 0 saturated carbocycles. The van der Waals surface area contributed by atoms with Crippen LogP contribution in [-0.2, 0) is 67.0 Å². The lowest BCUT2D eigenvalue weighted by molar-refractivity contribution is -0.157. The Morgan fingerprint density at radius 2 is 1.01 bits per heavy atom. The Bertz CT molecular complexity index is 2540. The zero-order chi connectivity index (χ0) is 71.8. The van der Waals surface area contributed by atoms with E-state index in [0.29, 0.717) is 19.3 Å². The molecule has 1 rings (SSSR count). The van der Waals surface area contributed by atoms with E-state index in [1.165, 1.54) is 87.6 Å². The minimum atomic E-state index is -1.67. The van der Waals surface area contributed by atoms with Gasteiger partial charge in [0.2, 0.25) is 65.0 Å². The highest BCUT2D eigenvalue weighted by Gasteiger charge is 2.46. The van der Waals surface area contributed by atoms with Crippen LogP contribution in [0.3, 0.4) is 0 Å². The van der Waals surface area contributed by atoms with Gasteiger partial charge in [-0.05, 0) is 102 Å². The summed E-state index contributed by atoms with van der Waals surface area (Å²) in [5.41, 5.74) is 0. The summed E-state index contributed by atoms with van der Waals surface area (Å²) in [6.07, 6.45) is 2.21. The molecule has 93 heavy (non-hydrogen) atoms. The molecule has 0 aromatic carbocycles. The van der Waals surface area contributed by atoms with E-state index in [4.69, 9.17) is 9.47 Å². The van der Waals surface area contributed by atoms with Crippen molar-refractivity contribution in [1.29, 1.82) is 0 Å². The number of carbonyl (C=O) groups excluding carboxylic acids is 12. The summed E-state index contributed by atoms with van der Waals surface area (Å²) in [5, 5.41) is 23.1. The van der Waals surface area contributed by atoms with Gasteiger partial charge in [0, 0.05) is 68.3 Å². The normalized spacial score (nSPS) is 25.8. The summed E-state index contributed by atoms with van der Waals surface area (Å²) >= 11 is 0. The molecule has 0 spiro atoms. The fraction of sp³-hybridized carbons (Fsp3) is 0.791. The Morgan fingerprint density at radius 3 is 1.49 bits per heavy atom. The zero-order valence-corrected chi connectivity index (χ0v) is 60.6. The third-order valence-electron chi connectivity index (χ3n) is 17.1. The largest absolute Gasteiger partial charge is 0.466 e. The van der Waals surface area contributed by atoms with Gasteiger partial charge in [-0.2, -0.15) is 0 Å². The Labute approximate surface area is 555 Å². The average Bonchev–Trinajstić information content (AvgIpc) is 0.828. The molecule has 1 saturated heterocycles. The fourth-order valence-electron chi connectivity index (χ4n) is 11.5. The van der Waals surface area contributed by atoms with Crippen molar-refractivity contribution in [3.63, 3.8) is 0 Å². The number of likely N-dealkylation sites (N-methyl/N-ethyl adjacent to an activating group) is 6. The van der Waals surface area contributed by atoms with E-state index in [0.717, 1.165) is 9.80 Å². The summed E-state index contributed by atoms with van der Waals surface area (Å²) in [4.78, 5) is 182. The first-order valence-electron chi connectivity index (χ1n) is 33.3. The van der Waals surface area contributed by atoms with Crippen molar-refractivity contribution in [2.75, 3.05) is 68.6 Å². The molecule has 1 fully saturated rings. The van der Waals surface area contributed by atoms with Crippen LogP contribution in [0.15, 0.2) is 12.2 Å². The molecule has 26 heteroatoms. The number of hydrogen-bond donors (Lipinski definition) is 5. The number of rotatable bonds is 21. The molecule has 1 heterocycles. The second-order valence-corrected chi connectivity index (χ2v) is 27.2.